The van der Waals surface area contributed by atoms with Gasteiger partial charge in [0.2, 0.25) is 0 Å². The second-order valence-corrected chi connectivity index (χ2v) is 7.57. The predicted molar refractivity (Wildman–Crippen MR) is 86.3 cm³/mol. The first-order valence-electron chi connectivity index (χ1n) is 8.45. The molecule has 1 aromatic carbocycles. The van der Waals surface area contributed by atoms with Crippen LogP contribution in [0.4, 0.5) is 0 Å². The molecule has 0 amide bonds. The smallest absolute Gasteiger partial charge is 0.136 e. The van der Waals surface area contributed by atoms with Gasteiger partial charge in [-0.15, -0.1) is 0 Å². The number of methoxy groups -OCH3 is 1. The van der Waals surface area contributed by atoms with Gasteiger partial charge in [0, 0.05) is 23.8 Å². The minimum atomic E-state index is 0.0584. The van der Waals surface area contributed by atoms with Crippen molar-refractivity contribution < 1.29 is 9.53 Å². The van der Waals surface area contributed by atoms with Crippen LogP contribution in [0.5, 0.6) is 5.75 Å². The molecule has 2 unspecified atom stereocenters. The molecule has 1 saturated heterocycles. The molecular weight excluding hydrogens is 274 g/mol. The van der Waals surface area contributed by atoms with Gasteiger partial charge in [-0.3, -0.25) is 4.79 Å². The minimum Gasteiger partial charge on any atom is -0.497 e. The number of nitrogens with zero attached hydrogens (tertiary/aromatic N) is 1. The highest BCUT2D eigenvalue weighted by Crippen LogP contribution is 2.56. The first-order valence-corrected chi connectivity index (χ1v) is 8.45. The van der Waals surface area contributed by atoms with Gasteiger partial charge >= 0.3 is 0 Å². The van der Waals surface area contributed by atoms with Crippen molar-refractivity contribution in [3.05, 3.63) is 29.3 Å². The Kier molecular flexibility index (Phi) is 3.12. The molecule has 1 aliphatic heterocycles. The molecule has 2 fully saturated rings. The summed E-state index contributed by atoms with van der Waals surface area (Å²) in [4.78, 5) is 15.1. The molecule has 2 bridgehead atoms. The molecule has 4 atom stereocenters. The molecule has 1 aromatic rings. The number of benzene rings is 1. The number of likely N-dealkylation sites (N-methyl/N-ethyl adjacent to an activating group) is 1. The molecule has 2 aliphatic carbocycles. The Hall–Kier alpha value is -1.35. The lowest BCUT2D eigenvalue weighted by Crippen LogP contribution is -2.61. The maximum atomic E-state index is 12.5. The average Bonchev–Trinajstić information content (AvgIpc) is 2.52. The van der Waals surface area contributed by atoms with Crippen molar-refractivity contribution >= 4 is 5.78 Å². The number of piperidine rings is 1. The van der Waals surface area contributed by atoms with Gasteiger partial charge in [-0.25, -0.2) is 0 Å². The van der Waals surface area contributed by atoms with Gasteiger partial charge in [0.05, 0.1) is 7.11 Å². The van der Waals surface area contributed by atoms with Crippen LogP contribution in [0.15, 0.2) is 18.2 Å². The summed E-state index contributed by atoms with van der Waals surface area (Å²) in [5.41, 5.74) is 2.89. The summed E-state index contributed by atoms with van der Waals surface area (Å²) in [6.07, 6.45) is 3.99. The van der Waals surface area contributed by atoms with Crippen LogP contribution in [0, 0.1) is 11.8 Å². The second kappa shape index (κ2) is 4.82. The summed E-state index contributed by atoms with van der Waals surface area (Å²) in [5.74, 6) is 2.21. The Bertz CT molecular complexity index is 626. The Labute approximate surface area is 132 Å². The van der Waals surface area contributed by atoms with Crippen molar-refractivity contribution in [1.29, 1.82) is 0 Å². The van der Waals surface area contributed by atoms with E-state index >= 15 is 0 Å². The van der Waals surface area contributed by atoms with Gasteiger partial charge < -0.3 is 9.64 Å². The Morgan fingerprint density at radius 1 is 1.36 bits per heavy atom. The summed E-state index contributed by atoms with van der Waals surface area (Å²) >= 11 is 0. The number of ketones is 1. The molecule has 118 valence electrons. The van der Waals surface area contributed by atoms with E-state index in [-0.39, 0.29) is 11.3 Å². The zero-order valence-electron chi connectivity index (χ0n) is 13.8. The van der Waals surface area contributed by atoms with E-state index in [0.717, 1.165) is 38.0 Å². The van der Waals surface area contributed by atoms with E-state index in [4.69, 9.17) is 4.74 Å². The lowest BCUT2D eigenvalue weighted by molar-refractivity contribution is -0.132. The number of ether oxygens (including phenoxy) is 1. The van der Waals surface area contributed by atoms with E-state index in [1.807, 2.05) is 0 Å². The Morgan fingerprint density at radius 3 is 2.95 bits per heavy atom. The number of hydrogen-bond acceptors (Lipinski definition) is 3. The molecule has 22 heavy (non-hydrogen) atoms. The SMILES string of the molecule is COc1ccc2c(c1)C13CCN(C)C(C2)[C@@H]1C[C@H](C)C(=O)C3. The third kappa shape index (κ3) is 1.81. The summed E-state index contributed by atoms with van der Waals surface area (Å²) in [6.45, 7) is 3.21. The number of carbonyl (C=O) groups is 1. The van der Waals surface area contributed by atoms with Gasteiger partial charge in [0.15, 0.2) is 0 Å². The van der Waals surface area contributed by atoms with E-state index in [2.05, 4.69) is 37.1 Å². The molecule has 3 heteroatoms. The van der Waals surface area contributed by atoms with Crippen molar-refractivity contribution in [2.75, 3.05) is 20.7 Å². The van der Waals surface area contributed by atoms with Gasteiger partial charge in [0.1, 0.15) is 11.5 Å². The summed E-state index contributed by atoms with van der Waals surface area (Å²) in [6, 6.07) is 7.09. The fraction of sp³-hybridized carbons (Fsp3) is 0.632. The molecule has 0 aromatic heterocycles. The molecule has 0 radical (unpaired) electrons. The molecule has 0 N–H and O–H groups in total. The maximum absolute atomic E-state index is 12.5. The topological polar surface area (TPSA) is 29.5 Å². The lowest BCUT2D eigenvalue weighted by atomic mass is 9.51. The number of Topliss-reactive ketones (excluding diaryl/α,β-unsaturated/α-hetero) is 1. The molecule has 0 spiro atoms. The summed E-state index contributed by atoms with van der Waals surface area (Å²) in [5, 5.41) is 0. The quantitative estimate of drug-likeness (QED) is 0.798. The fourth-order valence-corrected chi connectivity index (χ4v) is 5.28. The minimum absolute atomic E-state index is 0.0584. The van der Waals surface area contributed by atoms with Crippen molar-refractivity contribution in [2.45, 2.75) is 44.1 Å². The third-order valence-electron chi connectivity index (χ3n) is 6.58. The van der Waals surface area contributed by atoms with Gasteiger partial charge in [0.25, 0.3) is 0 Å². The number of rotatable bonds is 1. The fourth-order valence-electron chi connectivity index (χ4n) is 5.28. The first kappa shape index (κ1) is 14.3. The van der Waals surface area contributed by atoms with Crippen LogP contribution in [-0.4, -0.2) is 37.4 Å². The molecule has 1 saturated carbocycles. The highest BCUT2D eigenvalue weighted by atomic mass is 16.5. The average molecular weight is 299 g/mol. The third-order valence-corrected chi connectivity index (χ3v) is 6.58. The second-order valence-electron chi connectivity index (χ2n) is 7.57. The highest BCUT2D eigenvalue weighted by molar-refractivity contribution is 5.83. The normalized spacial score (nSPS) is 37.4. The van der Waals surface area contributed by atoms with Gasteiger partial charge in [-0.2, -0.15) is 0 Å². The number of fused-ring (bicyclic) bond motifs is 1. The molecule has 1 heterocycles. The standard InChI is InChI=1S/C19H25NO2/c1-12-8-16-17-9-13-4-5-14(22-3)10-15(13)19(16,11-18(12)21)6-7-20(17)2/h4-5,10,12,16-17H,6-9,11H2,1-3H3/t12-,16-,17?,19?/m0/s1. The van der Waals surface area contributed by atoms with E-state index in [9.17, 15) is 4.79 Å². The molecule has 4 rings (SSSR count). The zero-order chi connectivity index (χ0) is 15.5. The van der Waals surface area contributed by atoms with Gasteiger partial charge in [-0.05, 0) is 62.0 Å². The lowest BCUT2D eigenvalue weighted by Gasteiger charge is -2.58. The van der Waals surface area contributed by atoms with Gasteiger partial charge in [-0.1, -0.05) is 13.0 Å². The number of carbonyl (C=O) groups excluding carboxylic acids is 1. The monoisotopic (exact) mass is 299 g/mol. The number of hydrogen-bond donors (Lipinski definition) is 0. The van der Waals surface area contributed by atoms with Crippen molar-refractivity contribution in [3.63, 3.8) is 0 Å². The van der Waals surface area contributed by atoms with Crippen LogP contribution >= 0.6 is 0 Å². The largest absolute Gasteiger partial charge is 0.497 e. The predicted octanol–water partition coefficient (Wildman–Crippen LogP) is 2.81. The van der Waals surface area contributed by atoms with E-state index in [1.165, 1.54) is 11.1 Å². The summed E-state index contributed by atoms with van der Waals surface area (Å²) in [7, 11) is 3.98. The van der Waals surface area contributed by atoms with E-state index < -0.39 is 0 Å². The molecule has 3 aliphatic rings. The van der Waals surface area contributed by atoms with Crippen molar-refractivity contribution in [3.8, 4) is 5.75 Å². The van der Waals surface area contributed by atoms with Crippen LogP contribution in [-0.2, 0) is 16.6 Å². The van der Waals surface area contributed by atoms with Crippen LogP contribution in [0.1, 0.15) is 37.3 Å². The Morgan fingerprint density at radius 2 is 2.18 bits per heavy atom. The van der Waals surface area contributed by atoms with Crippen LogP contribution < -0.4 is 4.74 Å². The highest BCUT2D eigenvalue weighted by Gasteiger charge is 2.56. The van der Waals surface area contributed by atoms with Crippen molar-refractivity contribution in [1.82, 2.24) is 4.90 Å². The van der Waals surface area contributed by atoms with Crippen LogP contribution in [0.2, 0.25) is 0 Å². The Balaban J connectivity index is 1.89. The maximum Gasteiger partial charge on any atom is 0.136 e. The summed E-state index contributed by atoms with van der Waals surface area (Å²) < 4.78 is 5.47. The molecule has 3 nitrogen and oxygen atoms in total. The van der Waals surface area contributed by atoms with E-state index in [0.29, 0.717) is 17.7 Å². The van der Waals surface area contributed by atoms with Crippen LogP contribution in [0.3, 0.4) is 0 Å². The zero-order valence-corrected chi connectivity index (χ0v) is 13.8. The molecular formula is C19H25NO2. The van der Waals surface area contributed by atoms with Crippen LogP contribution in [0.25, 0.3) is 0 Å². The first-order chi connectivity index (χ1) is 10.5. The van der Waals surface area contributed by atoms with E-state index in [1.54, 1.807) is 7.11 Å². The number of likely N-dealkylation sites (tertiary alicyclic amines) is 1. The van der Waals surface area contributed by atoms with Crippen molar-refractivity contribution in [2.24, 2.45) is 11.8 Å².